The lowest BCUT2D eigenvalue weighted by molar-refractivity contribution is -0.383. The Hall–Kier alpha value is -3.68. The van der Waals surface area contributed by atoms with Gasteiger partial charge < -0.3 is 14.8 Å². The molecule has 0 heterocycles. The van der Waals surface area contributed by atoms with Gasteiger partial charge in [-0.05, 0) is 32.1 Å². The standard InChI is InChI=1S/C20H20N2O6/c1-3-27-18-11-7-4-8-15(18)12-13-19(23)28-14(2)20(24)21-16-9-5-6-10-17(16)22(25)26/h4-14H,3H2,1-2H3,(H,21,24)/b13-12+/t14-/m0/s1. The topological polar surface area (TPSA) is 108 Å². The van der Waals surface area contributed by atoms with Crippen LogP contribution < -0.4 is 10.1 Å². The van der Waals surface area contributed by atoms with Crippen LogP contribution in [-0.2, 0) is 14.3 Å². The third-order valence-electron chi connectivity index (χ3n) is 3.64. The highest BCUT2D eigenvalue weighted by Crippen LogP contribution is 2.23. The number of carbonyl (C=O) groups excluding carboxylic acids is 2. The lowest BCUT2D eigenvalue weighted by atomic mass is 10.2. The Kier molecular flexibility index (Phi) is 7.27. The van der Waals surface area contributed by atoms with E-state index < -0.39 is 22.9 Å². The summed E-state index contributed by atoms with van der Waals surface area (Å²) in [5.41, 5.74) is 0.474. The molecule has 0 bridgehead atoms. The van der Waals surface area contributed by atoms with Gasteiger partial charge in [0.05, 0.1) is 11.5 Å². The van der Waals surface area contributed by atoms with E-state index in [0.29, 0.717) is 17.9 Å². The van der Waals surface area contributed by atoms with Gasteiger partial charge in [0.25, 0.3) is 11.6 Å². The van der Waals surface area contributed by atoms with E-state index in [2.05, 4.69) is 5.32 Å². The van der Waals surface area contributed by atoms with Crippen LogP contribution in [0.2, 0.25) is 0 Å². The fraction of sp³-hybridized carbons (Fsp3) is 0.200. The number of ether oxygens (including phenoxy) is 2. The van der Waals surface area contributed by atoms with Crippen molar-refractivity contribution in [1.29, 1.82) is 0 Å². The number of nitrogens with zero attached hydrogens (tertiary/aromatic N) is 1. The predicted octanol–water partition coefficient (Wildman–Crippen LogP) is 3.58. The highest BCUT2D eigenvalue weighted by molar-refractivity contribution is 5.98. The van der Waals surface area contributed by atoms with Crippen molar-refractivity contribution in [1.82, 2.24) is 0 Å². The summed E-state index contributed by atoms with van der Waals surface area (Å²) in [4.78, 5) is 34.6. The van der Waals surface area contributed by atoms with Crippen LogP contribution in [0.25, 0.3) is 6.08 Å². The van der Waals surface area contributed by atoms with Crippen LogP contribution in [-0.4, -0.2) is 29.5 Å². The Morgan fingerprint density at radius 2 is 1.86 bits per heavy atom. The molecule has 8 nitrogen and oxygen atoms in total. The van der Waals surface area contributed by atoms with Crippen LogP contribution in [0.4, 0.5) is 11.4 Å². The Morgan fingerprint density at radius 1 is 1.18 bits per heavy atom. The van der Waals surface area contributed by atoms with Crippen molar-refractivity contribution in [2.24, 2.45) is 0 Å². The minimum atomic E-state index is -1.14. The van der Waals surface area contributed by atoms with E-state index in [1.165, 1.54) is 37.3 Å². The van der Waals surface area contributed by atoms with Gasteiger partial charge in [0.1, 0.15) is 11.4 Å². The van der Waals surface area contributed by atoms with Crippen molar-refractivity contribution in [2.45, 2.75) is 20.0 Å². The average Bonchev–Trinajstić information content (AvgIpc) is 2.67. The number of esters is 1. The molecule has 2 aromatic carbocycles. The van der Waals surface area contributed by atoms with Crippen LogP contribution in [0, 0.1) is 10.1 Å². The number of nitrogens with one attached hydrogen (secondary N) is 1. The molecule has 0 saturated heterocycles. The van der Waals surface area contributed by atoms with Gasteiger partial charge in [-0.2, -0.15) is 0 Å². The van der Waals surface area contributed by atoms with Gasteiger partial charge in [0.15, 0.2) is 6.10 Å². The first-order chi connectivity index (χ1) is 13.4. The summed E-state index contributed by atoms with van der Waals surface area (Å²) in [7, 11) is 0. The molecule has 1 atom stereocenters. The number of rotatable bonds is 8. The molecule has 2 rings (SSSR count). The van der Waals surface area contributed by atoms with Crippen molar-refractivity contribution >= 4 is 29.3 Å². The van der Waals surface area contributed by atoms with Crippen LogP contribution in [0.1, 0.15) is 19.4 Å². The second-order valence-electron chi connectivity index (χ2n) is 5.65. The quantitative estimate of drug-likeness (QED) is 0.323. The molecule has 0 aliphatic rings. The zero-order chi connectivity index (χ0) is 20.5. The Morgan fingerprint density at radius 3 is 2.57 bits per heavy atom. The summed E-state index contributed by atoms with van der Waals surface area (Å²) in [6.07, 6.45) is 1.58. The number of hydrogen-bond acceptors (Lipinski definition) is 6. The normalized spacial score (nSPS) is 11.6. The minimum Gasteiger partial charge on any atom is -0.493 e. The maximum absolute atomic E-state index is 12.2. The first kappa shape index (κ1) is 20.6. The smallest absolute Gasteiger partial charge is 0.331 e. The van der Waals surface area contributed by atoms with Gasteiger partial charge in [-0.15, -0.1) is 0 Å². The summed E-state index contributed by atoms with van der Waals surface area (Å²) in [5.74, 6) is -0.779. The number of para-hydroxylation sites is 3. The Balaban J connectivity index is 1.99. The number of anilines is 1. The molecule has 0 aliphatic heterocycles. The van der Waals surface area contributed by atoms with Gasteiger partial charge in [0, 0.05) is 17.7 Å². The van der Waals surface area contributed by atoms with Gasteiger partial charge >= 0.3 is 5.97 Å². The van der Waals surface area contributed by atoms with Crippen molar-refractivity contribution in [2.75, 3.05) is 11.9 Å². The largest absolute Gasteiger partial charge is 0.493 e. The minimum absolute atomic E-state index is 0.0292. The fourth-order valence-corrected chi connectivity index (χ4v) is 2.30. The summed E-state index contributed by atoms with van der Waals surface area (Å²) < 4.78 is 10.5. The summed E-state index contributed by atoms with van der Waals surface area (Å²) in [5, 5.41) is 13.4. The maximum atomic E-state index is 12.2. The summed E-state index contributed by atoms with van der Waals surface area (Å²) >= 11 is 0. The first-order valence-electron chi connectivity index (χ1n) is 8.57. The number of hydrogen-bond donors (Lipinski definition) is 1. The average molecular weight is 384 g/mol. The van der Waals surface area contributed by atoms with E-state index in [4.69, 9.17) is 9.47 Å². The Labute approximate surface area is 161 Å². The summed E-state index contributed by atoms with van der Waals surface area (Å²) in [6, 6.07) is 12.9. The van der Waals surface area contributed by atoms with E-state index in [1.54, 1.807) is 24.3 Å². The highest BCUT2D eigenvalue weighted by Gasteiger charge is 2.20. The molecule has 0 radical (unpaired) electrons. The first-order valence-corrected chi connectivity index (χ1v) is 8.57. The monoisotopic (exact) mass is 384 g/mol. The molecular weight excluding hydrogens is 364 g/mol. The molecule has 0 saturated carbocycles. The summed E-state index contributed by atoms with van der Waals surface area (Å²) in [6.45, 7) is 3.72. The van der Waals surface area contributed by atoms with Crippen molar-refractivity contribution in [3.8, 4) is 5.75 Å². The van der Waals surface area contributed by atoms with Gasteiger partial charge in [-0.3, -0.25) is 14.9 Å². The SMILES string of the molecule is CCOc1ccccc1/C=C/C(=O)O[C@@H](C)C(=O)Nc1ccccc1[N+](=O)[O-]. The van der Waals surface area contributed by atoms with E-state index in [1.807, 2.05) is 13.0 Å². The van der Waals surface area contributed by atoms with Gasteiger partial charge in [-0.25, -0.2) is 4.79 Å². The third kappa shape index (κ3) is 5.66. The number of benzene rings is 2. The second kappa shape index (κ2) is 9.86. The van der Waals surface area contributed by atoms with Crippen LogP contribution in [0.15, 0.2) is 54.6 Å². The Bertz CT molecular complexity index is 894. The lowest BCUT2D eigenvalue weighted by Crippen LogP contribution is -2.29. The molecule has 1 amide bonds. The van der Waals surface area contributed by atoms with E-state index in [9.17, 15) is 19.7 Å². The molecule has 8 heteroatoms. The van der Waals surface area contributed by atoms with Crippen LogP contribution in [0.3, 0.4) is 0 Å². The van der Waals surface area contributed by atoms with Crippen LogP contribution in [0.5, 0.6) is 5.75 Å². The number of nitro groups is 1. The lowest BCUT2D eigenvalue weighted by Gasteiger charge is -2.12. The molecular formula is C20H20N2O6. The van der Waals surface area contributed by atoms with Crippen molar-refractivity contribution in [3.05, 3.63) is 70.3 Å². The van der Waals surface area contributed by atoms with Crippen molar-refractivity contribution in [3.63, 3.8) is 0 Å². The van der Waals surface area contributed by atoms with Crippen molar-refractivity contribution < 1.29 is 24.0 Å². The van der Waals surface area contributed by atoms with Gasteiger partial charge in [-0.1, -0.05) is 30.3 Å². The van der Waals surface area contributed by atoms with E-state index >= 15 is 0 Å². The number of nitro benzene ring substituents is 1. The van der Waals surface area contributed by atoms with E-state index in [0.717, 1.165) is 0 Å². The number of amides is 1. The molecule has 0 unspecified atom stereocenters. The third-order valence-corrected chi connectivity index (χ3v) is 3.64. The molecule has 146 valence electrons. The predicted molar refractivity (Wildman–Crippen MR) is 104 cm³/mol. The molecule has 0 aliphatic carbocycles. The maximum Gasteiger partial charge on any atom is 0.331 e. The fourth-order valence-electron chi connectivity index (χ4n) is 2.30. The van der Waals surface area contributed by atoms with E-state index in [-0.39, 0.29) is 11.4 Å². The number of carbonyl (C=O) groups is 2. The highest BCUT2D eigenvalue weighted by atomic mass is 16.6. The second-order valence-corrected chi connectivity index (χ2v) is 5.65. The zero-order valence-corrected chi connectivity index (χ0v) is 15.5. The van der Waals surface area contributed by atoms with Gasteiger partial charge in [0.2, 0.25) is 0 Å². The zero-order valence-electron chi connectivity index (χ0n) is 15.5. The van der Waals surface area contributed by atoms with Crippen LogP contribution >= 0.6 is 0 Å². The molecule has 0 spiro atoms. The molecule has 0 fully saturated rings. The molecule has 0 aromatic heterocycles. The molecule has 2 aromatic rings. The molecule has 28 heavy (non-hydrogen) atoms. The molecule has 1 N–H and O–H groups in total.